The van der Waals surface area contributed by atoms with Crippen LogP contribution in [-0.2, 0) is 9.53 Å². The lowest BCUT2D eigenvalue weighted by Gasteiger charge is -2.12. The molecule has 0 aromatic heterocycles. The summed E-state index contributed by atoms with van der Waals surface area (Å²) in [6.07, 6.45) is 0. The maximum Gasteiger partial charge on any atom is 0.246 e. The van der Waals surface area contributed by atoms with E-state index in [1.165, 1.54) is 0 Å². The van der Waals surface area contributed by atoms with Crippen molar-refractivity contribution in [1.29, 1.82) is 0 Å². The zero-order valence-corrected chi connectivity index (χ0v) is 11.2. The summed E-state index contributed by atoms with van der Waals surface area (Å²) >= 11 is 3.47. The molecular formula is C12H15BrN2O2. The molecule has 1 unspecified atom stereocenters. The van der Waals surface area contributed by atoms with Crippen LogP contribution in [0.1, 0.15) is 18.5 Å². The van der Waals surface area contributed by atoms with Gasteiger partial charge in [-0.15, -0.1) is 0 Å². The Hall–Kier alpha value is -0.910. The van der Waals surface area contributed by atoms with Gasteiger partial charge in [-0.25, -0.2) is 0 Å². The molecule has 5 heteroatoms. The molecule has 1 aromatic carbocycles. The van der Waals surface area contributed by atoms with Crippen LogP contribution in [-0.4, -0.2) is 25.7 Å². The molecule has 0 spiro atoms. The quantitative estimate of drug-likeness (QED) is 0.818. The van der Waals surface area contributed by atoms with Gasteiger partial charge in [0, 0.05) is 28.9 Å². The van der Waals surface area contributed by atoms with Crippen LogP contribution in [0.5, 0.6) is 0 Å². The summed E-state index contributed by atoms with van der Waals surface area (Å²) in [6, 6.07) is 5.46. The Morgan fingerprint density at radius 2 is 2.35 bits per heavy atom. The minimum Gasteiger partial charge on any atom is -0.380 e. The fourth-order valence-corrected chi connectivity index (χ4v) is 2.49. The number of halogens is 1. The molecule has 1 atom stereocenters. The molecular weight excluding hydrogens is 284 g/mol. The van der Waals surface area contributed by atoms with Crippen molar-refractivity contribution in [3.63, 3.8) is 0 Å². The van der Waals surface area contributed by atoms with Crippen LogP contribution in [0.4, 0.5) is 5.69 Å². The molecule has 2 rings (SSSR count). The van der Waals surface area contributed by atoms with Crippen LogP contribution < -0.4 is 10.6 Å². The molecule has 1 aliphatic heterocycles. The van der Waals surface area contributed by atoms with Gasteiger partial charge in [-0.1, -0.05) is 22.0 Å². The number of anilines is 1. The first-order chi connectivity index (χ1) is 8.24. The zero-order valence-electron chi connectivity index (χ0n) is 9.63. The maximum atomic E-state index is 11.8. The van der Waals surface area contributed by atoms with Crippen LogP contribution in [0, 0.1) is 0 Å². The van der Waals surface area contributed by atoms with Gasteiger partial charge < -0.3 is 10.1 Å². The Labute approximate surface area is 109 Å². The van der Waals surface area contributed by atoms with E-state index < -0.39 is 0 Å². The minimum atomic E-state index is -0.291. The lowest BCUT2D eigenvalue weighted by molar-refractivity contribution is -0.117. The van der Waals surface area contributed by atoms with Crippen molar-refractivity contribution < 1.29 is 9.53 Å². The topological polar surface area (TPSA) is 50.4 Å². The average molecular weight is 299 g/mol. The average Bonchev–Trinajstić information content (AvgIpc) is 2.62. The molecule has 0 fully saturated rings. The Morgan fingerprint density at radius 1 is 1.53 bits per heavy atom. The highest BCUT2D eigenvalue weighted by Crippen LogP contribution is 2.36. The highest BCUT2D eigenvalue weighted by molar-refractivity contribution is 9.10. The number of rotatable bonds is 5. The Kier molecular flexibility index (Phi) is 4.15. The number of amides is 1. The van der Waals surface area contributed by atoms with E-state index in [0.29, 0.717) is 19.8 Å². The van der Waals surface area contributed by atoms with Gasteiger partial charge >= 0.3 is 0 Å². The summed E-state index contributed by atoms with van der Waals surface area (Å²) in [7, 11) is 0. The van der Waals surface area contributed by atoms with Gasteiger partial charge in [0.05, 0.1) is 6.61 Å². The third kappa shape index (κ3) is 2.68. The van der Waals surface area contributed by atoms with Crippen LogP contribution in [0.3, 0.4) is 0 Å². The fraction of sp³-hybridized carbons (Fsp3) is 0.417. The Bertz CT molecular complexity index is 423. The van der Waals surface area contributed by atoms with Crippen LogP contribution in [0.2, 0.25) is 0 Å². The second-order valence-electron chi connectivity index (χ2n) is 3.77. The number of hydrogen-bond donors (Lipinski definition) is 2. The normalized spacial score (nSPS) is 18.0. The first-order valence-electron chi connectivity index (χ1n) is 5.64. The van der Waals surface area contributed by atoms with Gasteiger partial charge in [-0.05, 0) is 19.1 Å². The number of nitrogens with one attached hydrogen (secondary N) is 2. The molecule has 0 aliphatic carbocycles. The number of carbonyl (C=O) groups is 1. The SMILES string of the molecule is CCOCCNC1C(=O)Nc2cccc(Br)c21. The van der Waals surface area contributed by atoms with Gasteiger partial charge in [0.15, 0.2) is 0 Å². The van der Waals surface area contributed by atoms with E-state index in [1.54, 1.807) is 0 Å². The third-order valence-electron chi connectivity index (χ3n) is 2.66. The molecule has 4 nitrogen and oxygen atoms in total. The van der Waals surface area contributed by atoms with Crippen LogP contribution in [0.25, 0.3) is 0 Å². The van der Waals surface area contributed by atoms with E-state index in [9.17, 15) is 4.79 Å². The van der Waals surface area contributed by atoms with Gasteiger partial charge in [0.2, 0.25) is 5.91 Å². The number of fused-ring (bicyclic) bond motifs is 1. The van der Waals surface area contributed by atoms with Crippen molar-refractivity contribution in [2.24, 2.45) is 0 Å². The second-order valence-corrected chi connectivity index (χ2v) is 4.63. The summed E-state index contributed by atoms with van der Waals surface area (Å²) in [5.74, 6) is -0.0107. The second kappa shape index (κ2) is 5.62. The highest BCUT2D eigenvalue weighted by atomic mass is 79.9. The predicted molar refractivity (Wildman–Crippen MR) is 70.0 cm³/mol. The highest BCUT2D eigenvalue weighted by Gasteiger charge is 2.31. The van der Waals surface area contributed by atoms with Crippen LogP contribution >= 0.6 is 15.9 Å². The smallest absolute Gasteiger partial charge is 0.246 e. The molecule has 92 valence electrons. The fourth-order valence-electron chi connectivity index (χ4n) is 1.89. The molecule has 0 saturated carbocycles. The molecule has 1 aliphatic rings. The minimum absolute atomic E-state index is 0.0107. The Balaban J connectivity index is 2.06. The first-order valence-corrected chi connectivity index (χ1v) is 6.43. The van der Waals surface area contributed by atoms with E-state index in [2.05, 4.69) is 26.6 Å². The van der Waals surface area contributed by atoms with E-state index in [0.717, 1.165) is 15.7 Å². The number of hydrogen-bond acceptors (Lipinski definition) is 3. The number of benzene rings is 1. The molecule has 1 aromatic rings. The van der Waals surface area contributed by atoms with Gasteiger partial charge in [-0.2, -0.15) is 0 Å². The van der Waals surface area contributed by atoms with Crippen molar-refractivity contribution in [2.45, 2.75) is 13.0 Å². The van der Waals surface area contributed by atoms with Crippen molar-refractivity contribution >= 4 is 27.5 Å². The first kappa shape index (κ1) is 12.5. The lowest BCUT2D eigenvalue weighted by Crippen LogP contribution is -2.30. The summed E-state index contributed by atoms with van der Waals surface area (Å²) in [5.41, 5.74) is 1.85. The van der Waals surface area contributed by atoms with Gasteiger partial charge in [0.25, 0.3) is 0 Å². The molecule has 1 heterocycles. The van der Waals surface area contributed by atoms with Crippen molar-refractivity contribution in [3.8, 4) is 0 Å². The molecule has 0 radical (unpaired) electrons. The Morgan fingerprint density at radius 3 is 3.12 bits per heavy atom. The van der Waals surface area contributed by atoms with E-state index >= 15 is 0 Å². The largest absolute Gasteiger partial charge is 0.380 e. The summed E-state index contributed by atoms with van der Waals surface area (Å²) < 4.78 is 6.19. The van der Waals surface area contributed by atoms with Gasteiger partial charge in [0.1, 0.15) is 6.04 Å². The number of ether oxygens (including phenoxy) is 1. The molecule has 2 N–H and O–H groups in total. The summed E-state index contributed by atoms with van der Waals surface area (Å²) in [4.78, 5) is 11.8. The molecule has 0 saturated heterocycles. The van der Waals surface area contributed by atoms with Crippen molar-refractivity contribution in [1.82, 2.24) is 5.32 Å². The molecule has 0 bridgehead atoms. The molecule has 17 heavy (non-hydrogen) atoms. The standard InChI is InChI=1S/C12H15BrN2O2/c1-2-17-7-6-14-11-10-8(13)4-3-5-9(10)15-12(11)16/h3-5,11,14H,2,6-7H2,1H3,(H,15,16). The molecule has 1 amide bonds. The van der Waals surface area contributed by atoms with Gasteiger partial charge in [-0.3, -0.25) is 10.1 Å². The monoisotopic (exact) mass is 298 g/mol. The van der Waals surface area contributed by atoms with Crippen molar-refractivity contribution in [2.75, 3.05) is 25.1 Å². The summed E-state index contributed by atoms with van der Waals surface area (Å²) in [6.45, 7) is 3.92. The number of carbonyl (C=O) groups excluding carboxylic acids is 1. The van der Waals surface area contributed by atoms with Crippen molar-refractivity contribution in [3.05, 3.63) is 28.2 Å². The van der Waals surface area contributed by atoms with E-state index in [4.69, 9.17) is 4.74 Å². The zero-order chi connectivity index (χ0) is 12.3. The summed E-state index contributed by atoms with van der Waals surface area (Å²) in [5, 5.41) is 6.05. The predicted octanol–water partition coefficient (Wildman–Crippen LogP) is 2.07. The third-order valence-corrected chi connectivity index (χ3v) is 3.35. The maximum absolute atomic E-state index is 11.8. The van der Waals surface area contributed by atoms with E-state index in [-0.39, 0.29) is 11.9 Å². The lowest BCUT2D eigenvalue weighted by atomic mass is 10.1. The van der Waals surface area contributed by atoms with Crippen LogP contribution in [0.15, 0.2) is 22.7 Å². The van der Waals surface area contributed by atoms with E-state index in [1.807, 2.05) is 25.1 Å².